The molecule has 3 rings (SSSR count). The predicted octanol–water partition coefficient (Wildman–Crippen LogP) is 2.58. The molecule has 1 aromatic carbocycles. The minimum absolute atomic E-state index is 0.413. The lowest BCUT2D eigenvalue weighted by Crippen LogP contribution is -2.20. The number of aromatic amines is 1. The fraction of sp³-hybridized carbons (Fsp3) is 0.500. The smallest absolute Gasteiger partial charge is 0.137 e. The number of fused-ring (bicyclic) bond motifs is 1. The Hall–Kier alpha value is -1.68. The van der Waals surface area contributed by atoms with Gasteiger partial charge in [0.05, 0.1) is 0 Å². The van der Waals surface area contributed by atoms with Crippen LogP contribution in [0.5, 0.6) is 0 Å². The van der Waals surface area contributed by atoms with Gasteiger partial charge in [0.2, 0.25) is 0 Å². The number of rotatable bonds is 6. The highest BCUT2D eigenvalue weighted by molar-refractivity contribution is 5.36. The summed E-state index contributed by atoms with van der Waals surface area (Å²) in [5.74, 6) is 0.969. The van der Waals surface area contributed by atoms with Crippen LogP contribution in [0.25, 0.3) is 0 Å². The van der Waals surface area contributed by atoms with E-state index in [2.05, 4.69) is 45.6 Å². The number of nitrogens with zero attached hydrogens (tertiary/aromatic N) is 2. The normalized spacial score (nSPS) is 15.2. The van der Waals surface area contributed by atoms with E-state index in [0.717, 1.165) is 25.2 Å². The molecule has 1 heterocycles. The lowest BCUT2D eigenvalue weighted by molar-refractivity contribution is 0.554. The first kappa shape index (κ1) is 13.3. The van der Waals surface area contributed by atoms with E-state index < -0.39 is 0 Å². The van der Waals surface area contributed by atoms with Crippen LogP contribution in [0.1, 0.15) is 48.3 Å². The Morgan fingerprint density at radius 3 is 3.05 bits per heavy atom. The Labute approximate surface area is 120 Å². The number of hydrogen-bond donors (Lipinski definition) is 2. The van der Waals surface area contributed by atoms with Gasteiger partial charge in [0.15, 0.2) is 0 Å². The summed E-state index contributed by atoms with van der Waals surface area (Å²) >= 11 is 0. The van der Waals surface area contributed by atoms with Gasteiger partial charge < -0.3 is 5.32 Å². The molecule has 106 valence electrons. The predicted molar refractivity (Wildman–Crippen MR) is 79.6 cm³/mol. The van der Waals surface area contributed by atoms with Crippen molar-refractivity contribution in [2.45, 2.75) is 45.1 Å². The average Bonchev–Trinajstić information content (AvgIpc) is 3.13. The van der Waals surface area contributed by atoms with Crippen molar-refractivity contribution in [1.82, 2.24) is 20.5 Å². The molecule has 0 saturated carbocycles. The third kappa shape index (κ3) is 3.07. The number of nitrogens with one attached hydrogen (secondary N) is 2. The lowest BCUT2D eigenvalue weighted by Gasteiger charge is -2.15. The largest absolute Gasteiger partial charge is 0.310 e. The summed E-state index contributed by atoms with van der Waals surface area (Å²) in [6.45, 7) is 3.24. The molecule has 0 spiro atoms. The van der Waals surface area contributed by atoms with E-state index in [9.17, 15) is 0 Å². The van der Waals surface area contributed by atoms with Crippen LogP contribution in [0, 0.1) is 0 Å². The number of hydrogen-bond acceptors (Lipinski definition) is 3. The van der Waals surface area contributed by atoms with Gasteiger partial charge in [-0.3, -0.25) is 5.10 Å². The van der Waals surface area contributed by atoms with E-state index >= 15 is 0 Å². The van der Waals surface area contributed by atoms with Crippen LogP contribution in [0.4, 0.5) is 0 Å². The number of benzene rings is 1. The second kappa shape index (κ2) is 6.18. The summed E-state index contributed by atoms with van der Waals surface area (Å²) in [5.41, 5.74) is 4.51. The number of aryl methyl sites for hydroxylation is 3. The minimum Gasteiger partial charge on any atom is -0.310 e. The molecule has 0 aliphatic heterocycles. The maximum Gasteiger partial charge on any atom is 0.137 e. The van der Waals surface area contributed by atoms with Crippen molar-refractivity contribution in [1.29, 1.82) is 0 Å². The zero-order chi connectivity index (χ0) is 13.8. The molecule has 4 heteroatoms. The number of H-pyrrole nitrogens is 1. The third-order valence-corrected chi connectivity index (χ3v) is 4.13. The molecule has 1 atom stereocenters. The van der Waals surface area contributed by atoms with Gasteiger partial charge in [-0.1, -0.05) is 18.2 Å². The van der Waals surface area contributed by atoms with E-state index in [1.165, 1.54) is 24.8 Å². The van der Waals surface area contributed by atoms with Crippen molar-refractivity contribution < 1.29 is 0 Å². The molecule has 0 radical (unpaired) electrons. The summed E-state index contributed by atoms with van der Waals surface area (Å²) < 4.78 is 0. The van der Waals surface area contributed by atoms with E-state index in [0.29, 0.717) is 6.04 Å². The van der Waals surface area contributed by atoms with Crippen LogP contribution >= 0.6 is 0 Å². The van der Waals surface area contributed by atoms with Gasteiger partial charge in [0, 0.05) is 12.5 Å². The van der Waals surface area contributed by atoms with Crippen LogP contribution < -0.4 is 5.32 Å². The molecule has 0 amide bonds. The molecule has 20 heavy (non-hydrogen) atoms. The summed E-state index contributed by atoms with van der Waals surface area (Å²) in [7, 11) is 0. The fourth-order valence-corrected chi connectivity index (χ4v) is 2.90. The van der Waals surface area contributed by atoms with Crippen molar-refractivity contribution in [3.63, 3.8) is 0 Å². The molecule has 0 fully saturated rings. The van der Waals surface area contributed by atoms with E-state index in [4.69, 9.17) is 0 Å². The minimum atomic E-state index is 0.413. The Morgan fingerprint density at radius 1 is 1.30 bits per heavy atom. The van der Waals surface area contributed by atoms with Crippen molar-refractivity contribution in [3.8, 4) is 0 Å². The molecule has 4 nitrogen and oxygen atoms in total. The fourth-order valence-electron chi connectivity index (χ4n) is 2.90. The van der Waals surface area contributed by atoms with Gasteiger partial charge >= 0.3 is 0 Å². The molecule has 2 aromatic rings. The van der Waals surface area contributed by atoms with Crippen molar-refractivity contribution in [2.24, 2.45) is 0 Å². The summed E-state index contributed by atoms with van der Waals surface area (Å²) in [6.07, 6.45) is 7.41. The summed E-state index contributed by atoms with van der Waals surface area (Å²) in [6, 6.07) is 7.38. The van der Waals surface area contributed by atoms with E-state index in [1.54, 1.807) is 17.5 Å². The van der Waals surface area contributed by atoms with Crippen LogP contribution in [0.15, 0.2) is 24.5 Å². The summed E-state index contributed by atoms with van der Waals surface area (Å²) in [5, 5.41) is 10.3. The maximum atomic E-state index is 4.14. The first-order valence-corrected chi connectivity index (χ1v) is 7.52. The van der Waals surface area contributed by atoms with Crippen molar-refractivity contribution >= 4 is 0 Å². The van der Waals surface area contributed by atoms with Crippen molar-refractivity contribution in [3.05, 3.63) is 47.0 Å². The molecule has 1 aliphatic rings. The average molecular weight is 270 g/mol. The van der Waals surface area contributed by atoms with E-state index in [1.807, 2.05) is 0 Å². The molecule has 1 aromatic heterocycles. The number of aromatic nitrogens is 3. The molecular formula is C16H22N4. The van der Waals surface area contributed by atoms with Crippen LogP contribution in [-0.2, 0) is 19.3 Å². The Kier molecular flexibility index (Phi) is 4.11. The maximum absolute atomic E-state index is 4.14. The van der Waals surface area contributed by atoms with Gasteiger partial charge in [-0.25, -0.2) is 4.98 Å². The standard InChI is InChI=1S/C16H22N4/c1-12(17-9-3-6-16-18-11-19-20-16)14-8-7-13-4-2-5-15(13)10-14/h7-8,10-12,17H,2-6,9H2,1H3,(H,18,19,20). The quantitative estimate of drug-likeness (QED) is 0.793. The highest BCUT2D eigenvalue weighted by Gasteiger charge is 2.13. The van der Waals surface area contributed by atoms with Crippen LogP contribution in [-0.4, -0.2) is 21.7 Å². The van der Waals surface area contributed by atoms with Crippen LogP contribution in [0.2, 0.25) is 0 Å². The van der Waals surface area contributed by atoms with Gasteiger partial charge in [-0.2, -0.15) is 5.10 Å². The monoisotopic (exact) mass is 270 g/mol. The first-order valence-electron chi connectivity index (χ1n) is 7.52. The molecule has 0 saturated heterocycles. The van der Waals surface area contributed by atoms with Crippen molar-refractivity contribution in [2.75, 3.05) is 6.54 Å². The third-order valence-electron chi connectivity index (χ3n) is 4.13. The molecule has 1 unspecified atom stereocenters. The zero-order valence-corrected chi connectivity index (χ0v) is 12.0. The molecule has 1 aliphatic carbocycles. The molecule has 0 bridgehead atoms. The van der Waals surface area contributed by atoms with Gasteiger partial charge in [0.1, 0.15) is 12.2 Å². The van der Waals surface area contributed by atoms with Gasteiger partial charge in [-0.05, 0) is 55.8 Å². The molecular weight excluding hydrogens is 248 g/mol. The first-order chi connectivity index (χ1) is 9.83. The Bertz CT molecular complexity index is 548. The SMILES string of the molecule is CC(NCCCc1ncn[nH]1)c1ccc2c(c1)CCC2. The second-order valence-electron chi connectivity index (χ2n) is 5.59. The van der Waals surface area contributed by atoms with Gasteiger partial charge in [-0.15, -0.1) is 0 Å². The summed E-state index contributed by atoms with van der Waals surface area (Å²) in [4.78, 5) is 4.14. The van der Waals surface area contributed by atoms with Gasteiger partial charge in [0.25, 0.3) is 0 Å². The Balaban J connectivity index is 1.48. The lowest BCUT2D eigenvalue weighted by atomic mass is 10.0. The zero-order valence-electron chi connectivity index (χ0n) is 12.0. The molecule has 2 N–H and O–H groups in total. The highest BCUT2D eigenvalue weighted by atomic mass is 15.2. The van der Waals surface area contributed by atoms with Crippen LogP contribution in [0.3, 0.4) is 0 Å². The highest BCUT2D eigenvalue weighted by Crippen LogP contribution is 2.25. The Morgan fingerprint density at radius 2 is 2.20 bits per heavy atom. The van der Waals surface area contributed by atoms with E-state index in [-0.39, 0.29) is 0 Å². The second-order valence-corrected chi connectivity index (χ2v) is 5.59. The topological polar surface area (TPSA) is 53.6 Å².